The zero-order valence-corrected chi connectivity index (χ0v) is 18.4. The minimum atomic E-state index is -0.943. The Labute approximate surface area is 182 Å². The molecule has 1 aliphatic carbocycles. The summed E-state index contributed by atoms with van der Waals surface area (Å²) in [4.78, 5) is 39.2. The van der Waals surface area contributed by atoms with Gasteiger partial charge in [-0.05, 0) is 49.8 Å². The lowest BCUT2D eigenvalue weighted by Gasteiger charge is -2.33. The summed E-state index contributed by atoms with van der Waals surface area (Å²) in [5.74, 6) is -0.971. The first-order valence-electron chi connectivity index (χ1n) is 9.97. The number of halogens is 2. The van der Waals surface area contributed by atoms with Crippen LogP contribution in [-0.4, -0.2) is 58.1 Å². The van der Waals surface area contributed by atoms with Crippen molar-refractivity contribution < 1.29 is 23.9 Å². The first kappa shape index (κ1) is 22.6. The number of rotatable bonds is 7. The summed E-state index contributed by atoms with van der Waals surface area (Å²) in [7, 11) is 0. The Morgan fingerprint density at radius 2 is 2.10 bits per heavy atom. The Hall–Kier alpha value is -2.04. The lowest BCUT2D eigenvalue weighted by atomic mass is 9.77. The van der Waals surface area contributed by atoms with E-state index in [1.54, 1.807) is 12.1 Å². The first-order chi connectivity index (χ1) is 14.2. The molecule has 0 unspecified atom stereocenters. The molecule has 0 bridgehead atoms. The highest BCUT2D eigenvalue weighted by Crippen LogP contribution is 2.35. The molecule has 2 aliphatic rings. The van der Waals surface area contributed by atoms with Gasteiger partial charge in [0.25, 0.3) is 11.8 Å². The predicted octanol–water partition coefficient (Wildman–Crippen LogP) is 1.91. The van der Waals surface area contributed by atoms with Crippen molar-refractivity contribution in [2.75, 3.05) is 19.7 Å². The van der Waals surface area contributed by atoms with E-state index in [1.807, 2.05) is 0 Å². The molecule has 2 fully saturated rings. The number of hydrazine groups is 1. The second-order valence-corrected chi connectivity index (χ2v) is 8.96. The van der Waals surface area contributed by atoms with Crippen molar-refractivity contribution in [2.24, 2.45) is 5.92 Å². The van der Waals surface area contributed by atoms with Crippen molar-refractivity contribution in [3.8, 4) is 0 Å². The Morgan fingerprint density at radius 1 is 1.40 bits per heavy atom. The van der Waals surface area contributed by atoms with Crippen molar-refractivity contribution >= 4 is 33.8 Å². The second kappa shape index (κ2) is 9.40. The number of nitrogens with one attached hydrogen (secondary N) is 2. The highest BCUT2D eigenvalue weighted by atomic mass is 79.9. The Bertz CT molecular complexity index is 829. The predicted molar refractivity (Wildman–Crippen MR) is 110 cm³/mol. The number of imide groups is 1. The van der Waals surface area contributed by atoms with Crippen LogP contribution in [0, 0.1) is 11.7 Å². The van der Waals surface area contributed by atoms with E-state index in [9.17, 15) is 23.9 Å². The van der Waals surface area contributed by atoms with Gasteiger partial charge >= 0.3 is 6.03 Å². The number of amides is 4. The lowest BCUT2D eigenvalue weighted by molar-refractivity contribution is -0.140. The van der Waals surface area contributed by atoms with E-state index in [2.05, 4.69) is 33.6 Å². The van der Waals surface area contributed by atoms with Crippen molar-refractivity contribution in [1.82, 2.24) is 20.7 Å². The van der Waals surface area contributed by atoms with E-state index < -0.39 is 29.2 Å². The summed E-state index contributed by atoms with van der Waals surface area (Å²) >= 11 is 3.28. The molecule has 1 aromatic rings. The third kappa shape index (κ3) is 4.98. The normalized spacial score (nSPS) is 23.9. The fourth-order valence-corrected chi connectivity index (χ4v) is 4.35. The van der Waals surface area contributed by atoms with Crippen LogP contribution in [0.2, 0.25) is 0 Å². The molecule has 1 spiro atoms. The summed E-state index contributed by atoms with van der Waals surface area (Å²) in [6, 6.07) is 3.84. The van der Waals surface area contributed by atoms with Gasteiger partial charge < -0.3 is 10.4 Å². The van der Waals surface area contributed by atoms with Gasteiger partial charge in [-0.1, -0.05) is 22.9 Å². The average Bonchev–Trinajstić information content (AvgIpc) is 2.91. The maximum atomic E-state index is 14.1. The molecule has 1 saturated carbocycles. The molecule has 10 heteroatoms. The van der Waals surface area contributed by atoms with Crippen LogP contribution in [0.1, 0.15) is 38.2 Å². The molecule has 1 aromatic carbocycles. The van der Waals surface area contributed by atoms with Gasteiger partial charge in [-0.3, -0.25) is 19.9 Å². The van der Waals surface area contributed by atoms with Crippen LogP contribution in [0.25, 0.3) is 0 Å². The molecule has 0 atom stereocenters. The number of carbonyl (C=O) groups is 3. The maximum absolute atomic E-state index is 14.1. The number of benzene rings is 1. The molecule has 1 aliphatic heterocycles. The number of urea groups is 1. The van der Waals surface area contributed by atoms with Crippen LogP contribution in [0.5, 0.6) is 0 Å². The zero-order valence-electron chi connectivity index (χ0n) is 16.8. The van der Waals surface area contributed by atoms with Gasteiger partial charge in [0.05, 0.1) is 13.2 Å². The van der Waals surface area contributed by atoms with Gasteiger partial charge in [-0.15, -0.1) is 0 Å². The highest BCUT2D eigenvalue weighted by Gasteiger charge is 2.52. The number of nitrogens with zero attached hydrogens (tertiary/aromatic N) is 2. The molecule has 3 N–H and O–H groups in total. The van der Waals surface area contributed by atoms with E-state index >= 15 is 0 Å². The molecule has 30 heavy (non-hydrogen) atoms. The van der Waals surface area contributed by atoms with E-state index in [1.165, 1.54) is 11.0 Å². The van der Waals surface area contributed by atoms with Crippen LogP contribution in [-0.2, 0) is 16.1 Å². The number of aliphatic hydroxyl groups is 1. The Morgan fingerprint density at radius 3 is 2.77 bits per heavy atom. The SMILES string of the molecule is CC1CCC2(CC1)NC(=O)N(NC(=O)CN(CCO)Cc1cc(Br)ccc1F)C2=O. The van der Waals surface area contributed by atoms with E-state index in [0.717, 1.165) is 17.9 Å². The van der Waals surface area contributed by atoms with Gasteiger partial charge in [0.2, 0.25) is 0 Å². The minimum absolute atomic E-state index is 0.0845. The third-order valence-electron chi connectivity index (χ3n) is 5.71. The van der Waals surface area contributed by atoms with Crippen LogP contribution in [0.3, 0.4) is 0 Å². The van der Waals surface area contributed by atoms with Crippen LogP contribution in [0.15, 0.2) is 22.7 Å². The molecular formula is C20H26BrFN4O4. The molecule has 1 saturated heterocycles. The first-order valence-corrected chi connectivity index (χ1v) is 10.8. The summed E-state index contributed by atoms with van der Waals surface area (Å²) in [6.07, 6.45) is 2.75. The van der Waals surface area contributed by atoms with Gasteiger partial charge in [0.15, 0.2) is 0 Å². The van der Waals surface area contributed by atoms with E-state index in [0.29, 0.717) is 28.8 Å². The van der Waals surface area contributed by atoms with Crippen molar-refractivity contribution in [3.05, 3.63) is 34.1 Å². The molecule has 0 radical (unpaired) electrons. The number of hydrogen-bond donors (Lipinski definition) is 3. The molecule has 8 nitrogen and oxygen atoms in total. The van der Waals surface area contributed by atoms with Crippen LogP contribution < -0.4 is 10.7 Å². The minimum Gasteiger partial charge on any atom is -0.395 e. The van der Waals surface area contributed by atoms with Crippen LogP contribution in [0.4, 0.5) is 9.18 Å². The number of hydrogen-bond acceptors (Lipinski definition) is 5. The molecular weight excluding hydrogens is 459 g/mol. The topological polar surface area (TPSA) is 102 Å². The average molecular weight is 485 g/mol. The molecule has 164 valence electrons. The van der Waals surface area contributed by atoms with Gasteiger partial charge in [-0.2, -0.15) is 5.01 Å². The lowest BCUT2D eigenvalue weighted by Crippen LogP contribution is -2.53. The van der Waals surface area contributed by atoms with E-state index in [4.69, 9.17) is 0 Å². The third-order valence-corrected chi connectivity index (χ3v) is 6.20. The van der Waals surface area contributed by atoms with Gasteiger partial charge in [0, 0.05) is 23.1 Å². The zero-order chi connectivity index (χ0) is 21.9. The summed E-state index contributed by atoms with van der Waals surface area (Å²) in [5, 5.41) is 12.8. The maximum Gasteiger partial charge on any atom is 0.344 e. The Kier molecular flexibility index (Phi) is 7.10. The molecule has 1 heterocycles. The van der Waals surface area contributed by atoms with Crippen molar-refractivity contribution in [1.29, 1.82) is 0 Å². The summed E-state index contributed by atoms with van der Waals surface area (Å²) in [5.41, 5.74) is 1.78. The van der Waals surface area contributed by atoms with Crippen molar-refractivity contribution in [3.63, 3.8) is 0 Å². The molecule has 3 rings (SSSR count). The Balaban J connectivity index is 1.63. The summed E-state index contributed by atoms with van der Waals surface area (Å²) < 4.78 is 14.7. The number of carbonyl (C=O) groups excluding carboxylic acids is 3. The fourth-order valence-electron chi connectivity index (χ4n) is 3.94. The standard InChI is InChI=1S/C20H26BrFN4O4/c1-13-4-6-20(7-5-13)18(29)26(19(30)23-20)24-17(28)12-25(8-9-27)11-14-10-15(21)2-3-16(14)22/h2-3,10,13,27H,4-9,11-12H2,1H3,(H,23,30)(H,24,28). The van der Waals surface area contributed by atoms with Crippen LogP contribution >= 0.6 is 15.9 Å². The fraction of sp³-hybridized carbons (Fsp3) is 0.550. The number of aliphatic hydroxyl groups excluding tert-OH is 1. The summed E-state index contributed by atoms with van der Waals surface area (Å²) in [6.45, 7) is 1.88. The highest BCUT2D eigenvalue weighted by molar-refractivity contribution is 9.10. The largest absolute Gasteiger partial charge is 0.395 e. The molecule has 4 amide bonds. The second-order valence-electron chi connectivity index (χ2n) is 8.04. The smallest absolute Gasteiger partial charge is 0.344 e. The van der Waals surface area contributed by atoms with Crippen molar-refractivity contribution in [2.45, 2.75) is 44.7 Å². The molecule has 0 aromatic heterocycles. The van der Waals surface area contributed by atoms with Gasteiger partial charge in [-0.25, -0.2) is 9.18 Å². The quantitative estimate of drug-likeness (QED) is 0.513. The monoisotopic (exact) mass is 484 g/mol. The van der Waals surface area contributed by atoms with Gasteiger partial charge in [0.1, 0.15) is 11.4 Å². The van der Waals surface area contributed by atoms with E-state index in [-0.39, 0.29) is 26.2 Å².